The second-order valence-corrected chi connectivity index (χ2v) is 5.37. The van der Waals surface area contributed by atoms with Crippen LogP contribution in [0.15, 0.2) is 36.8 Å². The molecule has 0 unspecified atom stereocenters. The lowest BCUT2D eigenvalue weighted by atomic mass is 10.2. The summed E-state index contributed by atoms with van der Waals surface area (Å²) >= 11 is 0. The second kappa shape index (κ2) is 5.38. The quantitative estimate of drug-likeness (QED) is 0.715. The van der Waals surface area contributed by atoms with Gasteiger partial charge in [0, 0.05) is 13.1 Å². The number of carbonyl (C=O) groups excluding carboxylic acids is 1. The van der Waals surface area contributed by atoms with Crippen molar-refractivity contribution in [1.29, 1.82) is 0 Å². The molecular weight excluding hydrogens is 280 g/mol. The molecule has 0 bridgehead atoms. The third-order valence-electron chi connectivity index (χ3n) is 4.01. The number of hydrogen-bond acceptors (Lipinski definition) is 4. The standard InChI is InChI=1S/C16H16N4O2/c21-16(19-5-7-22-8-6-19)9-13-15-10-17-11-20(15)14-4-2-1-3-12(14)18-13/h1-4,10-11H,5-9H2. The van der Waals surface area contributed by atoms with E-state index in [0.29, 0.717) is 32.7 Å². The van der Waals surface area contributed by atoms with Crippen LogP contribution in [0.1, 0.15) is 5.69 Å². The molecule has 1 aliphatic rings. The molecule has 0 saturated carbocycles. The van der Waals surface area contributed by atoms with E-state index in [1.54, 1.807) is 12.5 Å². The molecule has 3 heterocycles. The van der Waals surface area contributed by atoms with Crippen molar-refractivity contribution < 1.29 is 9.53 Å². The topological polar surface area (TPSA) is 59.7 Å². The SMILES string of the molecule is O=C(Cc1nc2ccccc2n2cncc12)N1CCOCC1. The summed E-state index contributed by atoms with van der Waals surface area (Å²) in [5.74, 6) is 0.0918. The summed E-state index contributed by atoms with van der Waals surface area (Å²) < 4.78 is 7.28. The molecule has 1 aliphatic heterocycles. The van der Waals surface area contributed by atoms with Gasteiger partial charge in [0.15, 0.2) is 0 Å². The minimum atomic E-state index is 0.0918. The minimum Gasteiger partial charge on any atom is -0.378 e. The Kier molecular flexibility index (Phi) is 3.23. The van der Waals surface area contributed by atoms with Crippen LogP contribution >= 0.6 is 0 Å². The molecule has 1 amide bonds. The first-order valence-electron chi connectivity index (χ1n) is 7.38. The van der Waals surface area contributed by atoms with Crippen LogP contribution < -0.4 is 0 Å². The first-order chi connectivity index (χ1) is 10.8. The molecule has 112 valence electrons. The molecule has 2 aromatic heterocycles. The van der Waals surface area contributed by atoms with E-state index in [-0.39, 0.29) is 5.91 Å². The number of amides is 1. The smallest absolute Gasteiger partial charge is 0.228 e. The van der Waals surface area contributed by atoms with Gasteiger partial charge in [-0.3, -0.25) is 9.20 Å². The number of nitrogens with zero attached hydrogens (tertiary/aromatic N) is 4. The van der Waals surface area contributed by atoms with E-state index in [2.05, 4.69) is 9.97 Å². The van der Waals surface area contributed by atoms with Crippen molar-refractivity contribution in [3.8, 4) is 0 Å². The fraction of sp³-hybridized carbons (Fsp3) is 0.312. The van der Waals surface area contributed by atoms with Crippen LogP contribution in [0.25, 0.3) is 16.6 Å². The van der Waals surface area contributed by atoms with Gasteiger partial charge in [0.25, 0.3) is 0 Å². The zero-order valence-corrected chi connectivity index (χ0v) is 12.1. The molecule has 1 fully saturated rings. The Bertz CT molecular complexity index is 836. The molecule has 0 atom stereocenters. The minimum absolute atomic E-state index is 0.0918. The fourth-order valence-electron chi connectivity index (χ4n) is 2.86. The lowest BCUT2D eigenvalue weighted by Crippen LogP contribution is -2.41. The highest BCUT2D eigenvalue weighted by Gasteiger charge is 2.19. The number of aromatic nitrogens is 3. The lowest BCUT2D eigenvalue weighted by molar-refractivity contribution is -0.134. The second-order valence-electron chi connectivity index (χ2n) is 5.37. The van der Waals surface area contributed by atoms with E-state index in [4.69, 9.17) is 4.74 Å². The Morgan fingerprint density at radius 2 is 2.00 bits per heavy atom. The summed E-state index contributed by atoms with van der Waals surface area (Å²) in [5.41, 5.74) is 3.53. The van der Waals surface area contributed by atoms with Crippen LogP contribution in [0.5, 0.6) is 0 Å². The van der Waals surface area contributed by atoms with Crippen molar-refractivity contribution in [3.05, 3.63) is 42.5 Å². The molecule has 4 rings (SSSR count). The summed E-state index contributed by atoms with van der Waals surface area (Å²) in [6.07, 6.45) is 3.82. The number of benzene rings is 1. The molecule has 22 heavy (non-hydrogen) atoms. The normalized spacial score (nSPS) is 15.5. The summed E-state index contributed by atoms with van der Waals surface area (Å²) in [4.78, 5) is 23.2. The summed E-state index contributed by atoms with van der Waals surface area (Å²) in [7, 11) is 0. The molecule has 3 aromatic rings. The monoisotopic (exact) mass is 296 g/mol. The van der Waals surface area contributed by atoms with Gasteiger partial charge in [-0.1, -0.05) is 12.1 Å². The van der Waals surface area contributed by atoms with Gasteiger partial charge in [0.2, 0.25) is 5.91 Å². The third-order valence-corrected chi connectivity index (χ3v) is 4.01. The third kappa shape index (κ3) is 2.21. The van der Waals surface area contributed by atoms with E-state index in [0.717, 1.165) is 22.2 Å². The Hall–Kier alpha value is -2.47. The fourth-order valence-corrected chi connectivity index (χ4v) is 2.86. The van der Waals surface area contributed by atoms with Crippen molar-refractivity contribution >= 4 is 22.5 Å². The van der Waals surface area contributed by atoms with Gasteiger partial charge in [0.05, 0.1) is 54.4 Å². The Labute approximate surface area is 127 Å². The highest BCUT2D eigenvalue weighted by molar-refractivity contribution is 5.84. The van der Waals surface area contributed by atoms with Crippen molar-refractivity contribution in [2.24, 2.45) is 0 Å². The van der Waals surface area contributed by atoms with Gasteiger partial charge in [-0.2, -0.15) is 0 Å². The van der Waals surface area contributed by atoms with Gasteiger partial charge in [-0.25, -0.2) is 9.97 Å². The lowest BCUT2D eigenvalue weighted by Gasteiger charge is -2.26. The van der Waals surface area contributed by atoms with Crippen LogP contribution in [0, 0.1) is 0 Å². The first-order valence-corrected chi connectivity index (χ1v) is 7.38. The van der Waals surface area contributed by atoms with Crippen LogP contribution in [0.4, 0.5) is 0 Å². The number of carbonyl (C=O) groups is 1. The van der Waals surface area contributed by atoms with Crippen LogP contribution in [0.2, 0.25) is 0 Å². The predicted molar refractivity (Wildman–Crippen MR) is 81.6 cm³/mol. The Balaban J connectivity index is 1.73. The molecule has 1 saturated heterocycles. The highest BCUT2D eigenvalue weighted by Crippen LogP contribution is 2.18. The predicted octanol–water partition coefficient (Wildman–Crippen LogP) is 1.28. The molecule has 0 N–H and O–H groups in total. The maximum absolute atomic E-state index is 12.5. The highest BCUT2D eigenvalue weighted by atomic mass is 16.5. The molecule has 0 spiro atoms. The van der Waals surface area contributed by atoms with E-state index in [1.807, 2.05) is 33.6 Å². The molecule has 0 radical (unpaired) electrons. The van der Waals surface area contributed by atoms with E-state index in [1.165, 1.54) is 0 Å². The van der Waals surface area contributed by atoms with E-state index >= 15 is 0 Å². The van der Waals surface area contributed by atoms with Crippen LogP contribution in [-0.2, 0) is 16.0 Å². The van der Waals surface area contributed by atoms with Gasteiger partial charge in [-0.15, -0.1) is 0 Å². The van der Waals surface area contributed by atoms with Crippen LogP contribution in [-0.4, -0.2) is 51.5 Å². The molecule has 0 aliphatic carbocycles. The van der Waals surface area contributed by atoms with Gasteiger partial charge in [-0.05, 0) is 12.1 Å². The first kappa shape index (κ1) is 13.2. The van der Waals surface area contributed by atoms with Crippen molar-refractivity contribution in [2.45, 2.75) is 6.42 Å². The maximum atomic E-state index is 12.5. The van der Waals surface area contributed by atoms with Crippen molar-refractivity contribution in [1.82, 2.24) is 19.3 Å². The number of imidazole rings is 1. The summed E-state index contributed by atoms with van der Waals surface area (Å²) in [6, 6.07) is 7.88. The molecular formula is C16H16N4O2. The number of para-hydroxylation sites is 2. The maximum Gasteiger partial charge on any atom is 0.228 e. The number of fused-ring (bicyclic) bond motifs is 3. The average Bonchev–Trinajstić information content (AvgIpc) is 3.06. The molecule has 6 heteroatoms. The van der Waals surface area contributed by atoms with E-state index in [9.17, 15) is 4.79 Å². The van der Waals surface area contributed by atoms with Gasteiger partial charge in [0.1, 0.15) is 0 Å². The zero-order chi connectivity index (χ0) is 14.9. The number of ether oxygens (including phenoxy) is 1. The van der Waals surface area contributed by atoms with Crippen LogP contribution in [0.3, 0.4) is 0 Å². The van der Waals surface area contributed by atoms with Gasteiger partial charge >= 0.3 is 0 Å². The average molecular weight is 296 g/mol. The number of morpholine rings is 1. The molecule has 6 nitrogen and oxygen atoms in total. The summed E-state index contributed by atoms with van der Waals surface area (Å²) in [6.45, 7) is 2.53. The largest absolute Gasteiger partial charge is 0.378 e. The number of hydrogen-bond donors (Lipinski definition) is 0. The van der Waals surface area contributed by atoms with Crippen molar-refractivity contribution in [3.63, 3.8) is 0 Å². The Morgan fingerprint density at radius 1 is 1.18 bits per heavy atom. The molecule has 1 aromatic carbocycles. The van der Waals surface area contributed by atoms with Crippen molar-refractivity contribution in [2.75, 3.05) is 26.3 Å². The number of rotatable bonds is 2. The van der Waals surface area contributed by atoms with E-state index < -0.39 is 0 Å². The summed E-state index contributed by atoms with van der Waals surface area (Å²) in [5, 5.41) is 0. The Morgan fingerprint density at radius 3 is 2.86 bits per heavy atom. The van der Waals surface area contributed by atoms with Gasteiger partial charge < -0.3 is 9.64 Å². The zero-order valence-electron chi connectivity index (χ0n) is 12.1.